The van der Waals surface area contributed by atoms with Crippen LogP contribution in [0.2, 0.25) is 0 Å². The Labute approximate surface area is 122 Å². The molecule has 3 nitrogen and oxygen atoms in total. The Morgan fingerprint density at radius 2 is 1.76 bits per heavy atom. The van der Waals surface area contributed by atoms with Crippen molar-refractivity contribution >= 4 is 15.7 Å². The molecule has 0 heterocycles. The highest BCUT2D eigenvalue weighted by atomic mass is 32.2. The van der Waals surface area contributed by atoms with Crippen LogP contribution in [0.4, 0.5) is 14.5 Å². The Morgan fingerprint density at radius 3 is 2.33 bits per heavy atom. The standard InChI is InChI=1S/C15H13F2NO2S/c1-2-10-18(15-9-8-12(16)11-14(15)17)21(19,20)13-6-4-3-5-7-13/h2-9,11H,1,10H2. The molecule has 21 heavy (non-hydrogen) atoms. The summed E-state index contributed by atoms with van der Waals surface area (Å²) in [4.78, 5) is 0.0237. The van der Waals surface area contributed by atoms with Crippen LogP contribution in [-0.2, 0) is 10.0 Å². The van der Waals surface area contributed by atoms with E-state index in [9.17, 15) is 17.2 Å². The lowest BCUT2D eigenvalue weighted by molar-refractivity contribution is 0.575. The van der Waals surface area contributed by atoms with Gasteiger partial charge in [-0.05, 0) is 24.3 Å². The molecule has 0 aliphatic carbocycles. The van der Waals surface area contributed by atoms with Crippen LogP contribution < -0.4 is 4.31 Å². The van der Waals surface area contributed by atoms with Gasteiger partial charge in [0.05, 0.1) is 17.1 Å². The molecule has 2 aromatic carbocycles. The molecule has 110 valence electrons. The van der Waals surface area contributed by atoms with E-state index in [1.54, 1.807) is 18.2 Å². The summed E-state index contributed by atoms with van der Waals surface area (Å²) in [5.74, 6) is -1.72. The number of halogens is 2. The molecule has 0 fully saturated rings. The molecule has 0 saturated heterocycles. The number of rotatable bonds is 5. The number of nitrogens with zero attached hydrogens (tertiary/aromatic N) is 1. The minimum Gasteiger partial charge on any atom is -0.260 e. The molecule has 0 amide bonds. The SMILES string of the molecule is C=CCN(c1ccc(F)cc1F)S(=O)(=O)c1ccccc1. The maximum Gasteiger partial charge on any atom is 0.264 e. The first-order valence-corrected chi connectivity index (χ1v) is 7.54. The van der Waals surface area contributed by atoms with Crippen molar-refractivity contribution in [2.75, 3.05) is 10.8 Å². The molecule has 0 N–H and O–H groups in total. The van der Waals surface area contributed by atoms with Crippen LogP contribution in [0.1, 0.15) is 0 Å². The van der Waals surface area contributed by atoms with E-state index >= 15 is 0 Å². The van der Waals surface area contributed by atoms with Gasteiger partial charge in [0.1, 0.15) is 11.6 Å². The maximum absolute atomic E-state index is 13.9. The van der Waals surface area contributed by atoms with E-state index in [1.165, 1.54) is 18.2 Å². The number of hydrogen-bond donors (Lipinski definition) is 0. The van der Waals surface area contributed by atoms with E-state index in [0.717, 1.165) is 16.4 Å². The number of benzene rings is 2. The van der Waals surface area contributed by atoms with Crippen molar-refractivity contribution in [2.45, 2.75) is 4.90 Å². The van der Waals surface area contributed by atoms with Crippen molar-refractivity contribution in [3.63, 3.8) is 0 Å². The molecular formula is C15H13F2NO2S. The van der Waals surface area contributed by atoms with Gasteiger partial charge < -0.3 is 0 Å². The van der Waals surface area contributed by atoms with E-state index in [2.05, 4.69) is 6.58 Å². The van der Waals surface area contributed by atoms with E-state index in [1.807, 2.05) is 0 Å². The minimum absolute atomic E-state index is 0.0237. The summed E-state index contributed by atoms with van der Waals surface area (Å²) in [6, 6.07) is 10.4. The number of hydrogen-bond acceptors (Lipinski definition) is 2. The lowest BCUT2D eigenvalue weighted by atomic mass is 10.3. The molecule has 6 heteroatoms. The van der Waals surface area contributed by atoms with Crippen molar-refractivity contribution in [3.05, 3.63) is 72.8 Å². The van der Waals surface area contributed by atoms with Crippen LogP contribution in [-0.4, -0.2) is 15.0 Å². The molecule has 0 aliphatic rings. The lowest BCUT2D eigenvalue weighted by Crippen LogP contribution is -2.32. The lowest BCUT2D eigenvalue weighted by Gasteiger charge is -2.23. The highest BCUT2D eigenvalue weighted by Crippen LogP contribution is 2.26. The van der Waals surface area contributed by atoms with Crippen molar-refractivity contribution in [2.24, 2.45) is 0 Å². The fourth-order valence-electron chi connectivity index (χ4n) is 1.85. The summed E-state index contributed by atoms with van der Waals surface area (Å²) >= 11 is 0. The average Bonchev–Trinajstić information content (AvgIpc) is 2.46. The molecule has 0 bridgehead atoms. The average molecular weight is 309 g/mol. The van der Waals surface area contributed by atoms with Gasteiger partial charge in [-0.2, -0.15) is 0 Å². The van der Waals surface area contributed by atoms with E-state index < -0.39 is 21.7 Å². The highest BCUT2D eigenvalue weighted by Gasteiger charge is 2.26. The van der Waals surface area contributed by atoms with Crippen molar-refractivity contribution < 1.29 is 17.2 Å². The summed E-state index contributed by atoms with van der Waals surface area (Å²) < 4.78 is 52.9. The van der Waals surface area contributed by atoms with Crippen molar-refractivity contribution in [3.8, 4) is 0 Å². The van der Waals surface area contributed by atoms with Gasteiger partial charge in [-0.3, -0.25) is 4.31 Å². The number of sulfonamides is 1. The first-order valence-electron chi connectivity index (χ1n) is 6.10. The predicted octanol–water partition coefficient (Wildman–Crippen LogP) is 3.35. The highest BCUT2D eigenvalue weighted by molar-refractivity contribution is 7.92. The third kappa shape index (κ3) is 3.11. The summed E-state index contributed by atoms with van der Waals surface area (Å²) in [7, 11) is -3.95. The molecule has 0 aliphatic heterocycles. The van der Waals surface area contributed by atoms with Crippen LogP contribution in [0.25, 0.3) is 0 Å². The summed E-state index contributed by atoms with van der Waals surface area (Å²) in [5, 5.41) is 0. The predicted molar refractivity (Wildman–Crippen MR) is 77.5 cm³/mol. The first kappa shape index (κ1) is 15.2. The zero-order chi connectivity index (χ0) is 15.5. The molecule has 0 aromatic heterocycles. The smallest absolute Gasteiger partial charge is 0.260 e. The molecule has 0 unspecified atom stereocenters. The first-order chi connectivity index (χ1) is 9.96. The van der Waals surface area contributed by atoms with Crippen LogP contribution in [0, 0.1) is 11.6 Å². The second-order valence-electron chi connectivity index (χ2n) is 4.23. The Balaban J connectivity index is 2.56. The maximum atomic E-state index is 13.9. The summed E-state index contributed by atoms with van der Waals surface area (Å²) in [5.41, 5.74) is -0.222. The Bertz CT molecular complexity index is 746. The topological polar surface area (TPSA) is 37.4 Å². The molecule has 0 radical (unpaired) electrons. The summed E-state index contributed by atoms with van der Waals surface area (Å²) in [6.07, 6.45) is 1.34. The minimum atomic E-state index is -3.95. The Kier molecular flexibility index (Phi) is 4.37. The van der Waals surface area contributed by atoms with Gasteiger partial charge >= 0.3 is 0 Å². The zero-order valence-electron chi connectivity index (χ0n) is 11.0. The van der Waals surface area contributed by atoms with Gasteiger partial charge in [-0.25, -0.2) is 17.2 Å². The van der Waals surface area contributed by atoms with Crippen LogP contribution in [0.3, 0.4) is 0 Å². The van der Waals surface area contributed by atoms with Crippen LogP contribution in [0.15, 0.2) is 66.1 Å². The molecular weight excluding hydrogens is 296 g/mol. The van der Waals surface area contributed by atoms with Crippen molar-refractivity contribution in [1.82, 2.24) is 0 Å². The fraction of sp³-hybridized carbons (Fsp3) is 0.0667. The van der Waals surface area contributed by atoms with E-state index in [0.29, 0.717) is 6.07 Å². The van der Waals surface area contributed by atoms with Gasteiger partial charge in [0.2, 0.25) is 0 Å². The molecule has 0 saturated carbocycles. The normalized spacial score (nSPS) is 11.1. The third-order valence-electron chi connectivity index (χ3n) is 2.80. The Hall–Kier alpha value is -2.21. The quantitative estimate of drug-likeness (QED) is 0.794. The van der Waals surface area contributed by atoms with E-state index in [4.69, 9.17) is 0 Å². The second kappa shape index (κ2) is 6.05. The van der Waals surface area contributed by atoms with Gasteiger partial charge in [-0.15, -0.1) is 6.58 Å². The largest absolute Gasteiger partial charge is 0.264 e. The van der Waals surface area contributed by atoms with Gasteiger partial charge in [0, 0.05) is 6.07 Å². The van der Waals surface area contributed by atoms with Gasteiger partial charge in [-0.1, -0.05) is 24.3 Å². The van der Waals surface area contributed by atoms with Crippen LogP contribution >= 0.6 is 0 Å². The second-order valence-corrected chi connectivity index (χ2v) is 6.10. The molecule has 2 rings (SSSR count). The zero-order valence-corrected chi connectivity index (χ0v) is 11.9. The van der Waals surface area contributed by atoms with E-state index in [-0.39, 0.29) is 17.1 Å². The van der Waals surface area contributed by atoms with Gasteiger partial charge in [0.15, 0.2) is 0 Å². The molecule has 2 aromatic rings. The van der Waals surface area contributed by atoms with Crippen LogP contribution in [0.5, 0.6) is 0 Å². The Morgan fingerprint density at radius 1 is 1.10 bits per heavy atom. The van der Waals surface area contributed by atoms with Gasteiger partial charge in [0.25, 0.3) is 10.0 Å². The van der Waals surface area contributed by atoms with Crippen molar-refractivity contribution in [1.29, 1.82) is 0 Å². The number of anilines is 1. The monoisotopic (exact) mass is 309 g/mol. The molecule has 0 spiro atoms. The molecule has 0 atom stereocenters. The fourth-order valence-corrected chi connectivity index (χ4v) is 3.31. The third-order valence-corrected chi connectivity index (χ3v) is 4.60. The summed E-state index contributed by atoms with van der Waals surface area (Å²) in [6.45, 7) is 3.35.